The number of pyridine rings is 1. The van der Waals surface area contributed by atoms with E-state index in [1.807, 2.05) is 6.07 Å². The molecule has 0 bridgehead atoms. The molecule has 2 aromatic heterocycles. The number of hydrogen-bond acceptors (Lipinski definition) is 5. The van der Waals surface area contributed by atoms with Gasteiger partial charge in [0.15, 0.2) is 0 Å². The maximum Gasteiger partial charge on any atom is 0.227 e. The molecule has 0 spiro atoms. The van der Waals surface area contributed by atoms with Crippen LogP contribution < -0.4 is 5.32 Å². The minimum absolute atomic E-state index is 0.120. The summed E-state index contributed by atoms with van der Waals surface area (Å²) in [7, 11) is 0. The van der Waals surface area contributed by atoms with Crippen LogP contribution >= 0.6 is 15.9 Å². The zero-order valence-electron chi connectivity index (χ0n) is 13.1. The van der Waals surface area contributed by atoms with Gasteiger partial charge >= 0.3 is 0 Å². The topological polar surface area (TPSA) is 80.9 Å². The minimum atomic E-state index is -0.360. The van der Waals surface area contributed by atoms with Crippen LogP contribution in [0.15, 0.2) is 51.7 Å². The highest BCUT2D eigenvalue weighted by molar-refractivity contribution is 9.10. The normalized spacial score (nSPS) is 10.6. The molecule has 0 unspecified atom stereocenters. The first-order valence-corrected chi connectivity index (χ1v) is 8.35. The number of hydrogen-bond donors (Lipinski definition) is 1. The Bertz CT molecular complexity index is 870. The van der Waals surface area contributed by atoms with E-state index in [0.717, 1.165) is 10.0 Å². The molecule has 0 saturated heterocycles. The lowest BCUT2D eigenvalue weighted by Crippen LogP contribution is -2.23. The highest BCUT2D eigenvalue weighted by Gasteiger charge is 2.11. The van der Waals surface area contributed by atoms with E-state index < -0.39 is 0 Å². The Morgan fingerprint density at radius 1 is 1.32 bits per heavy atom. The van der Waals surface area contributed by atoms with Crippen LogP contribution in [-0.4, -0.2) is 21.0 Å². The summed E-state index contributed by atoms with van der Waals surface area (Å²) in [6.07, 6.45) is 3.77. The van der Waals surface area contributed by atoms with Crippen LogP contribution in [0.4, 0.5) is 4.39 Å². The largest absolute Gasteiger partial charge is 0.352 e. The van der Waals surface area contributed by atoms with Gasteiger partial charge in [-0.1, -0.05) is 21.1 Å². The molecular formula is C17H14BrFN4O2. The van der Waals surface area contributed by atoms with E-state index in [4.69, 9.17) is 4.52 Å². The molecule has 0 aliphatic heterocycles. The number of carbonyl (C=O) groups excluding carboxylic acids is 1. The van der Waals surface area contributed by atoms with Gasteiger partial charge in [0.1, 0.15) is 5.82 Å². The van der Waals surface area contributed by atoms with Gasteiger partial charge in [-0.2, -0.15) is 4.98 Å². The number of amides is 1. The van der Waals surface area contributed by atoms with Gasteiger partial charge in [-0.15, -0.1) is 0 Å². The molecule has 8 heteroatoms. The van der Waals surface area contributed by atoms with Crippen LogP contribution in [0.1, 0.15) is 17.9 Å². The first kappa shape index (κ1) is 17.2. The number of benzene rings is 1. The Morgan fingerprint density at radius 3 is 3.00 bits per heavy atom. The van der Waals surface area contributed by atoms with Crippen molar-refractivity contribution in [3.63, 3.8) is 0 Å². The Morgan fingerprint density at radius 2 is 2.20 bits per heavy atom. The fraction of sp³-hybridized carbons (Fsp3) is 0.176. The lowest BCUT2D eigenvalue weighted by molar-refractivity contribution is -0.121. The second-order valence-electron chi connectivity index (χ2n) is 5.27. The quantitative estimate of drug-likeness (QED) is 0.681. The van der Waals surface area contributed by atoms with Crippen molar-refractivity contribution in [3.05, 3.63) is 64.5 Å². The van der Waals surface area contributed by atoms with Crippen molar-refractivity contribution < 1.29 is 13.7 Å². The van der Waals surface area contributed by atoms with Crippen LogP contribution in [0.5, 0.6) is 0 Å². The molecule has 0 aliphatic rings. The molecule has 3 aromatic rings. The van der Waals surface area contributed by atoms with Gasteiger partial charge in [0, 0.05) is 47.4 Å². The molecule has 0 radical (unpaired) electrons. The van der Waals surface area contributed by atoms with Gasteiger partial charge < -0.3 is 9.84 Å². The second kappa shape index (κ2) is 7.98. The molecule has 1 N–H and O–H groups in total. The van der Waals surface area contributed by atoms with Crippen molar-refractivity contribution in [1.29, 1.82) is 0 Å². The third kappa shape index (κ3) is 4.69. The molecule has 2 heterocycles. The minimum Gasteiger partial charge on any atom is -0.352 e. The third-order valence-electron chi connectivity index (χ3n) is 3.44. The number of aromatic nitrogens is 3. The van der Waals surface area contributed by atoms with Gasteiger partial charge in [0.2, 0.25) is 17.6 Å². The zero-order valence-corrected chi connectivity index (χ0v) is 14.7. The Kier molecular flexibility index (Phi) is 5.49. The Hall–Kier alpha value is -2.61. The van der Waals surface area contributed by atoms with E-state index in [1.165, 1.54) is 6.07 Å². The molecular weight excluding hydrogens is 391 g/mol. The fourth-order valence-electron chi connectivity index (χ4n) is 2.15. The fourth-order valence-corrected chi connectivity index (χ4v) is 2.56. The summed E-state index contributed by atoms with van der Waals surface area (Å²) < 4.78 is 19.5. The summed E-state index contributed by atoms with van der Waals surface area (Å²) in [6.45, 7) is 0.120. The van der Waals surface area contributed by atoms with Crippen molar-refractivity contribution in [2.75, 3.05) is 0 Å². The summed E-state index contributed by atoms with van der Waals surface area (Å²) in [4.78, 5) is 20.1. The molecule has 25 heavy (non-hydrogen) atoms. The van der Waals surface area contributed by atoms with Crippen LogP contribution in [0.3, 0.4) is 0 Å². The molecule has 0 aliphatic carbocycles. The maximum atomic E-state index is 13.6. The molecule has 0 saturated carbocycles. The first-order valence-electron chi connectivity index (χ1n) is 7.55. The summed E-state index contributed by atoms with van der Waals surface area (Å²) in [5, 5.41) is 6.54. The number of nitrogens with one attached hydrogen (secondary N) is 1. The van der Waals surface area contributed by atoms with Crippen LogP contribution in [-0.2, 0) is 17.8 Å². The summed E-state index contributed by atoms with van der Waals surface area (Å²) in [5.74, 6) is 0.212. The van der Waals surface area contributed by atoms with E-state index in [1.54, 1.807) is 30.6 Å². The molecule has 1 amide bonds. The number of aryl methyl sites for hydroxylation is 1. The highest BCUT2D eigenvalue weighted by Crippen LogP contribution is 2.16. The van der Waals surface area contributed by atoms with E-state index in [0.29, 0.717) is 23.7 Å². The summed E-state index contributed by atoms with van der Waals surface area (Å²) >= 11 is 3.27. The molecule has 6 nitrogen and oxygen atoms in total. The monoisotopic (exact) mass is 404 g/mol. The smallest absolute Gasteiger partial charge is 0.227 e. The highest BCUT2D eigenvalue weighted by atomic mass is 79.9. The zero-order chi connectivity index (χ0) is 17.6. The van der Waals surface area contributed by atoms with Crippen molar-refractivity contribution >= 4 is 21.8 Å². The number of carbonyl (C=O) groups is 1. The van der Waals surface area contributed by atoms with E-state index >= 15 is 0 Å². The number of nitrogens with zero attached hydrogens (tertiary/aromatic N) is 3. The van der Waals surface area contributed by atoms with Crippen molar-refractivity contribution in [2.24, 2.45) is 0 Å². The van der Waals surface area contributed by atoms with Gasteiger partial charge in [-0.25, -0.2) is 4.39 Å². The van der Waals surface area contributed by atoms with E-state index in [9.17, 15) is 9.18 Å². The van der Waals surface area contributed by atoms with Gasteiger partial charge in [-0.3, -0.25) is 9.78 Å². The lowest BCUT2D eigenvalue weighted by atomic mass is 10.2. The first-order chi connectivity index (χ1) is 12.1. The van der Waals surface area contributed by atoms with Gasteiger partial charge in [0.25, 0.3) is 0 Å². The van der Waals surface area contributed by atoms with E-state index in [-0.39, 0.29) is 24.7 Å². The molecule has 3 rings (SSSR count). The van der Waals surface area contributed by atoms with Gasteiger partial charge in [0.05, 0.1) is 0 Å². The van der Waals surface area contributed by atoms with Crippen LogP contribution in [0.25, 0.3) is 11.4 Å². The van der Waals surface area contributed by atoms with Crippen molar-refractivity contribution in [3.8, 4) is 11.4 Å². The summed E-state index contributed by atoms with van der Waals surface area (Å²) in [5.41, 5.74) is 1.16. The van der Waals surface area contributed by atoms with Crippen LogP contribution in [0, 0.1) is 5.82 Å². The number of rotatable bonds is 6. The lowest BCUT2D eigenvalue weighted by Gasteiger charge is -2.06. The van der Waals surface area contributed by atoms with Gasteiger partial charge in [-0.05, 0) is 30.3 Å². The Balaban J connectivity index is 1.51. The molecule has 0 atom stereocenters. The molecule has 1 aromatic carbocycles. The Labute approximate surface area is 151 Å². The molecule has 0 fully saturated rings. The second-order valence-corrected chi connectivity index (χ2v) is 6.18. The summed E-state index contributed by atoms with van der Waals surface area (Å²) in [6, 6.07) is 8.19. The third-order valence-corrected chi connectivity index (χ3v) is 3.93. The SMILES string of the molecule is O=C(CCc1nc(-c2cccnc2)no1)NCc1cc(Br)ccc1F. The van der Waals surface area contributed by atoms with Crippen molar-refractivity contribution in [1.82, 2.24) is 20.4 Å². The van der Waals surface area contributed by atoms with E-state index in [2.05, 4.69) is 36.4 Å². The standard InChI is InChI=1S/C17H14BrFN4O2/c18-13-3-4-14(19)12(8-13)10-21-15(24)5-6-16-22-17(23-25-16)11-2-1-7-20-9-11/h1-4,7-9H,5-6,10H2,(H,21,24). The molecule has 128 valence electrons. The number of halogens is 2. The average Bonchev–Trinajstić information content (AvgIpc) is 3.10. The van der Waals surface area contributed by atoms with Crippen LogP contribution in [0.2, 0.25) is 0 Å². The predicted octanol–water partition coefficient (Wildman–Crippen LogP) is 3.28. The predicted molar refractivity (Wildman–Crippen MR) is 91.8 cm³/mol. The average molecular weight is 405 g/mol. The maximum absolute atomic E-state index is 13.6. The van der Waals surface area contributed by atoms with Crippen molar-refractivity contribution in [2.45, 2.75) is 19.4 Å².